The summed E-state index contributed by atoms with van der Waals surface area (Å²) in [5.74, 6) is -6.59. The number of carbonyl (C=O) groups excluding carboxylic acids is 3. The average Bonchev–Trinajstić information content (AvgIpc) is 1.62. The number of non-ortho nitro benzene ring substituents is 1. The van der Waals surface area contributed by atoms with E-state index in [1.165, 1.54) is 74.0 Å². The zero-order valence-electron chi connectivity index (χ0n) is 73.2. The summed E-state index contributed by atoms with van der Waals surface area (Å²) in [5, 5.41) is 12.4. The number of halogens is 9. The topological polar surface area (TPSA) is 239 Å². The summed E-state index contributed by atoms with van der Waals surface area (Å²) >= 11 is 12.2. The van der Waals surface area contributed by atoms with Gasteiger partial charge in [-0.2, -0.15) is 0 Å². The lowest BCUT2D eigenvalue weighted by molar-refractivity contribution is -0.384. The fourth-order valence-electron chi connectivity index (χ4n) is 17.2. The van der Waals surface area contributed by atoms with E-state index in [0.29, 0.717) is 166 Å². The smallest absolute Gasteiger partial charge is 0.276 e. The van der Waals surface area contributed by atoms with Crippen molar-refractivity contribution in [3.63, 3.8) is 0 Å². The first-order valence-electron chi connectivity index (χ1n) is 42.6. The second-order valence-electron chi connectivity index (χ2n) is 32.4. The Morgan fingerprint density at radius 1 is 0.423 bits per heavy atom. The third-order valence-corrected chi connectivity index (χ3v) is 25.5. The Morgan fingerprint density at radius 2 is 0.708 bits per heavy atom. The largest absolute Gasteiger partial charge is 0.494 e. The van der Waals surface area contributed by atoms with Crippen molar-refractivity contribution in [3.05, 3.63) is 348 Å². The molecule has 12 aromatic rings. The number of rotatable bonds is 27. The normalized spacial score (nSPS) is 14.0. The summed E-state index contributed by atoms with van der Waals surface area (Å²) in [6.07, 6.45) is 11.9. The summed E-state index contributed by atoms with van der Waals surface area (Å²) in [7, 11) is 8.53. The maximum absolute atomic E-state index is 14.3. The Balaban J connectivity index is 0.000000166. The number of nitrogens with zero attached hydrogens (tertiary/aromatic N) is 15. The predicted octanol–water partition coefficient (Wildman–Crippen LogP) is 15.5. The molecule has 3 saturated heterocycles. The molecule has 5 aromatic heterocycles. The van der Waals surface area contributed by atoms with Crippen LogP contribution in [0.1, 0.15) is 120 Å². The van der Waals surface area contributed by atoms with Gasteiger partial charge in [-0.15, -0.1) is 0 Å². The van der Waals surface area contributed by atoms with Gasteiger partial charge in [0.05, 0.1) is 53.9 Å². The van der Waals surface area contributed by atoms with Gasteiger partial charge in [-0.25, -0.2) is 44.8 Å². The summed E-state index contributed by atoms with van der Waals surface area (Å²) in [6, 6.07) is 41.0. The van der Waals surface area contributed by atoms with Gasteiger partial charge in [-0.05, 0) is 180 Å². The molecule has 15 rings (SSSR count). The van der Waals surface area contributed by atoms with Crippen molar-refractivity contribution >= 4 is 46.6 Å². The first-order valence-corrected chi connectivity index (χ1v) is 43.4. The number of nitro benzene ring substituents is 1. The number of amides is 3. The summed E-state index contributed by atoms with van der Waals surface area (Å²) < 4.78 is 120. The highest BCUT2D eigenvalue weighted by atomic mass is 35.5. The van der Waals surface area contributed by atoms with Gasteiger partial charge in [-0.3, -0.25) is 77.6 Å². The van der Waals surface area contributed by atoms with Crippen molar-refractivity contribution in [3.8, 4) is 28.6 Å². The second-order valence-corrected chi connectivity index (χ2v) is 33.3. The molecule has 0 unspecified atom stereocenters. The summed E-state index contributed by atoms with van der Waals surface area (Å²) in [5.41, 5.74) is 6.78. The van der Waals surface area contributed by atoms with Gasteiger partial charge >= 0.3 is 0 Å². The molecule has 34 heteroatoms. The molecule has 3 fully saturated rings. The van der Waals surface area contributed by atoms with Gasteiger partial charge in [0.15, 0.2) is 0 Å². The molecule has 0 spiro atoms. The number of likely N-dealkylation sites (tertiary alicyclic amines) is 3. The van der Waals surface area contributed by atoms with Crippen LogP contribution in [0.15, 0.2) is 203 Å². The van der Waals surface area contributed by atoms with Crippen LogP contribution < -0.4 is 26.2 Å². The monoisotopic (exact) mass is 1830 g/mol. The maximum Gasteiger partial charge on any atom is 0.276 e. The standard InChI is InChI=1S/2C32H34ClF2N5O3.C32H32F3N5O4/c2*1-21-25(31(41)40(37(21)2)28-19-36-15-11-29(28)43-3)20-39(16-12-22-7-9-23(33)10-8-22)24-13-17-38(18-14-24)32(42)30-26(34)5-4-6-27(30)35;1-21-27(31(41)39(36(21)2)25-12-8-23(33)9-13-25)20-38(17-14-22-6-10-26(11-7-22)40(43)44)24-15-18-37(19-16-24)32(42)30-28(34)4-3-5-29(30)35/h2*4-11,15,19,24H,12-14,16-18,20H2,1-3H3;3-13,24H,14-20H2,1-2H3. The van der Waals surface area contributed by atoms with Crippen LogP contribution in [0.5, 0.6) is 11.5 Å². The lowest BCUT2D eigenvalue weighted by Gasteiger charge is -2.38. The molecule has 3 aliphatic heterocycles. The third kappa shape index (κ3) is 21.5. The van der Waals surface area contributed by atoms with E-state index < -0.39 is 80.1 Å². The van der Waals surface area contributed by atoms with Gasteiger partial charge in [-0.1, -0.05) is 77.8 Å². The van der Waals surface area contributed by atoms with Crippen molar-refractivity contribution < 1.29 is 59.5 Å². The molecule has 0 N–H and O–H groups in total. The van der Waals surface area contributed by atoms with Crippen molar-refractivity contribution in [2.45, 2.75) is 116 Å². The Bertz CT molecular complexity index is 5930. The SMILES string of the molecule is COc1ccncc1-n1c(=O)c(CN(CCc2ccc(Cl)cc2)C2CCN(C(=O)c3c(F)cccc3F)CC2)c(C)n1C.COc1ccncc1-n1c(=O)c(CN(CCc2ccc(Cl)cc2)C2CCN(C(=O)c3c(F)cccc3F)CC2)c(C)n1C.Cc1c(CN(CCc2ccc([N+](=O)[O-])cc2)C2CCN(C(=O)c3c(F)cccc3F)CC2)c(=O)n(-c2ccc(F)cc2)n1C. The van der Waals surface area contributed by atoms with Gasteiger partial charge in [0.1, 0.15) is 80.3 Å². The molecular formula is C96H100Cl2F7N15O10. The van der Waals surface area contributed by atoms with E-state index in [1.807, 2.05) is 83.4 Å². The van der Waals surface area contributed by atoms with Gasteiger partial charge in [0.2, 0.25) is 0 Å². The molecule has 7 aromatic carbocycles. The van der Waals surface area contributed by atoms with Crippen LogP contribution in [0.2, 0.25) is 10.0 Å². The number of hydrogen-bond acceptors (Lipinski definition) is 15. The highest BCUT2D eigenvalue weighted by Gasteiger charge is 2.37. The first kappa shape index (κ1) is 94.9. The predicted molar refractivity (Wildman–Crippen MR) is 480 cm³/mol. The number of nitro groups is 1. The van der Waals surface area contributed by atoms with Crippen LogP contribution >= 0.6 is 23.2 Å². The van der Waals surface area contributed by atoms with Crippen molar-refractivity contribution in [2.75, 3.05) is 73.1 Å². The van der Waals surface area contributed by atoms with E-state index in [4.69, 9.17) is 32.7 Å². The molecule has 0 aliphatic carbocycles. The fraction of sp³-hybridized carbons (Fsp3) is 0.333. The minimum atomic E-state index is -0.904. The number of ether oxygens (including phenoxy) is 2. The Hall–Kier alpha value is -12.8. The van der Waals surface area contributed by atoms with E-state index in [2.05, 4.69) is 24.7 Å². The van der Waals surface area contributed by atoms with Crippen LogP contribution in [-0.4, -0.2) is 181 Å². The van der Waals surface area contributed by atoms with Crippen molar-refractivity contribution in [1.29, 1.82) is 0 Å². The molecule has 0 radical (unpaired) electrons. The minimum Gasteiger partial charge on any atom is -0.494 e. The Morgan fingerprint density at radius 3 is 1.00 bits per heavy atom. The van der Waals surface area contributed by atoms with E-state index in [0.717, 1.165) is 83.0 Å². The van der Waals surface area contributed by atoms with Crippen LogP contribution in [0.25, 0.3) is 17.1 Å². The molecule has 682 valence electrons. The molecule has 25 nitrogen and oxygen atoms in total. The zero-order chi connectivity index (χ0) is 92.9. The van der Waals surface area contributed by atoms with Gasteiger partial charge in [0, 0.05) is 182 Å². The number of aromatic nitrogens is 8. The maximum atomic E-state index is 14.3. The molecule has 3 amide bonds. The number of pyridine rings is 2. The molecule has 0 bridgehead atoms. The zero-order valence-corrected chi connectivity index (χ0v) is 74.7. The lowest BCUT2D eigenvalue weighted by Crippen LogP contribution is -2.47. The van der Waals surface area contributed by atoms with Crippen molar-refractivity contribution in [1.82, 2.24) is 67.5 Å². The fourth-order valence-corrected chi connectivity index (χ4v) is 17.5. The van der Waals surface area contributed by atoms with E-state index in [-0.39, 0.29) is 53.6 Å². The van der Waals surface area contributed by atoms with E-state index in [1.54, 1.807) is 93.7 Å². The first-order chi connectivity index (χ1) is 62.4. The number of methoxy groups -OCH3 is 2. The van der Waals surface area contributed by atoms with Gasteiger partial charge < -0.3 is 24.2 Å². The molecule has 130 heavy (non-hydrogen) atoms. The second kappa shape index (κ2) is 42.7. The Labute approximate surface area is 756 Å². The molecule has 3 aliphatic rings. The number of piperidine rings is 3. The average molecular weight is 1830 g/mol. The lowest BCUT2D eigenvalue weighted by atomic mass is 10.00. The van der Waals surface area contributed by atoms with Crippen LogP contribution in [0.3, 0.4) is 0 Å². The highest BCUT2D eigenvalue weighted by Crippen LogP contribution is 2.32. The summed E-state index contributed by atoms with van der Waals surface area (Å²) in [6.45, 7) is 10.5. The number of benzene rings is 7. The van der Waals surface area contributed by atoms with Gasteiger partial charge in [0.25, 0.3) is 40.1 Å². The van der Waals surface area contributed by atoms with Crippen LogP contribution in [-0.2, 0) is 60.0 Å². The number of hydrogen-bond donors (Lipinski definition) is 0. The molecule has 8 heterocycles. The van der Waals surface area contributed by atoms with E-state index in [9.17, 15) is 69.6 Å². The summed E-state index contributed by atoms with van der Waals surface area (Å²) in [4.78, 5) is 111. The van der Waals surface area contributed by atoms with E-state index >= 15 is 0 Å². The number of carbonyl (C=O) groups is 3. The minimum absolute atomic E-state index is 0.00445. The van der Waals surface area contributed by atoms with Crippen LogP contribution in [0, 0.1) is 71.6 Å². The van der Waals surface area contributed by atoms with Crippen LogP contribution in [0.4, 0.5) is 36.4 Å². The van der Waals surface area contributed by atoms with Crippen molar-refractivity contribution in [2.24, 2.45) is 21.1 Å². The highest BCUT2D eigenvalue weighted by molar-refractivity contribution is 6.30. The quantitative estimate of drug-likeness (QED) is 0.0264. The molecular weight excluding hydrogens is 1730 g/mol. The molecule has 0 atom stereocenters. The molecule has 0 saturated carbocycles. The third-order valence-electron chi connectivity index (χ3n) is 25.0. The Kier molecular flexibility index (Phi) is 31.1.